The van der Waals surface area contributed by atoms with Gasteiger partial charge < -0.3 is 20.3 Å². The van der Waals surface area contributed by atoms with E-state index in [-0.39, 0.29) is 0 Å². The Labute approximate surface area is 145 Å². The van der Waals surface area contributed by atoms with Crippen LogP contribution in [-0.2, 0) is 0 Å². The van der Waals surface area contributed by atoms with Crippen molar-refractivity contribution >= 4 is 11.6 Å². The minimum absolute atomic E-state index is 0.605. The summed E-state index contributed by atoms with van der Waals surface area (Å²) in [6.07, 6.45) is 6.44. The SMILES string of the molecule is CN=C(NCC1CCN(c2cccc(OC)c2)C1)NC1CCCC1. The van der Waals surface area contributed by atoms with Crippen LogP contribution in [0.2, 0.25) is 0 Å². The highest BCUT2D eigenvalue weighted by molar-refractivity contribution is 5.80. The van der Waals surface area contributed by atoms with Crippen LogP contribution in [-0.4, -0.2) is 45.8 Å². The Bertz CT molecular complexity index is 554. The standard InChI is InChI=1S/C19H30N4O/c1-20-19(22-16-6-3-4-7-16)21-13-15-10-11-23(14-15)17-8-5-9-18(12-17)24-2/h5,8-9,12,15-16H,3-4,6-7,10-11,13-14H2,1-2H3,(H2,20,21,22). The molecule has 5 heteroatoms. The van der Waals surface area contributed by atoms with Gasteiger partial charge in [-0.2, -0.15) is 0 Å². The molecule has 132 valence electrons. The largest absolute Gasteiger partial charge is 0.497 e. The predicted octanol–water partition coefficient (Wildman–Crippen LogP) is 2.63. The lowest BCUT2D eigenvalue weighted by atomic mass is 10.1. The lowest BCUT2D eigenvalue weighted by Crippen LogP contribution is -2.44. The van der Waals surface area contributed by atoms with Gasteiger partial charge in [-0.25, -0.2) is 0 Å². The fourth-order valence-corrected chi connectivity index (χ4v) is 3.74. The normalized spacial score (nSPS) is 22.0. The maximum absolute atomic E-state index is 5.34. The van der Waals surface area contributed by atoms with Gasteiger partial charge in [-0.1, -0.05) is 18.9 Å². The van der Waals surface area contributed by atoms with Crippen molar-refractivity contribution in [1.29, 1.82) is 0 Å². The molecule has 1 atom stereocenters. The molecule has 1 heterocycles. The van der Waals surface area contributed by atoms with Gasteiger partial charge in [-0.15, -0.1) is 0 Å². The second kappa shape index (κ2) is 8.27. The molecule has 1 aliphatic carbocycles. The van der Waals surface area contributed by atoms with E-state index in [0.717, 1.165) is 31.3 Å². The molecule has 1 aromatic rings. The Morgan fingerprint density at radius 2 is 2.12 bits per heavy atom. The van der Waals surface area contributed by atoms with Crippen LogP contribution in [0.3, 0.4) is 0 Å². The molecular weight excluding hydrogens is 300 g/mol. The van der Waals surface area contributed by atoms with Crippen molar-refractivity contribution < 1.29 is 4.74 Å². The number of aliphatic imine (C=N–C) groups is 1. The second-order valence-electron chi connectivity index (χ2n) is 6.88. The van der Waals surface area contributed by atoms with Gasteiger partial charge in [-0.3, -0.25) is 4.99 Å². The van der Waals surface area contributed by atoms with Crippen LogP contribution < -0.4 is 20.3 Å². The number of ether oxygens (including phenoxy) is 1. The zero-order chi connectivity index (χ0) is 16.8. The predicted molar refractivity (Wildman–Crippen MR) is 100 cm³/mol. The smallest absolute Gasteiger partial charge is 0.191 e. The van der Waals surface area contributed by atoms with Crippen molar-refractivity contribution in [3.63, 3.8) is 0 Å². The molecule has 0 radical (unpaired) electrons. The van der Waals surface area contributed by atoms with E-state index in [2.05, 4.69) is 38.7 Å². The number of methoxy groups -OCH3 is 1. The van der Waals surface area contributed by atoms with Crippen LogP contribution in [0.5, 0.6) is 5.75 Å². The quantitative estimate of drug-likeness (QED) is 0.644. The maximum Gasteiger partial charge on any atom is 0.191 e. The Balaban J connectivity index is 1.46. The van der Waals surface area contributed by atoms with E-state index < -0.39 is 0 Å². The highest BCUT2D eigenvalue weighted by Gasteiger charge is 2.23. The summed E-state index contributed by atoms with van der Waals surface area (Å²) in [6, 6.07) is 8.95. The molecular formula is C19H30N4O. The molecule has 1 unspecified atom stereocenters. The number of hydrogen-bond donors (Lipinski definition) is 2. The molecule has 3 rings (SSSR count). The van der Waals surface area contributed by atoms with Crippen molar-refractivity contribution in [2.45, 2.75) is 38.1 Å². The van der Waals surface area contributed by atoms with Gasteiger partial charge in [0.2, 0.25) is 0 Å². The number of rotatable bonds is 5. The lowest BCUT2D eigenvalue weighted by molar-refractivity contribution is 0.415. The van der Waals surface area contributed by atoms with Gasteiger partial charge in [0, 0.05) is 44.5 Å². The van der Waals surface area contributed by atoms with Gasteiger partial charge in [0.05, 0.1) is 7.11 Å². The van der Waals surface area contributed by atoms with Crippen molar-refractivity contribution in [3.05, 3.63) is 24.3 Å². The van der Waals surface area contributed by atoms with Crippen LogP contribution in [0.1, 0.15) is 32.1 Å². The topological polar surface area (TPSA) is 48.9 Å². The van der Waals surface area contributed by atoms with Gasteiger partial charge in [0.1, 0.15) is 5.75 Å². The molecule has 0 bridgehead atoms. The van der Waals surface area contributed by atoms with Crippen LogP contribution in [0.15, 0.2) is 29.3 Å². The number of nitrogens with one attached hydrogen (secondary N) is 2. The molecule has 2 fully saturated rings. The van der Waals surface area contributed by atoms with Crippen molar-refractivity contribution in [3.8, 4) is 5.75 Å². The first-order valence-corrected chi connectivity index (χ1v) is 9.14. The highest BCUT2D eigenvalue weighted by Crippen LogP contribution is 2.26. The summed E-state index contributed by atoms with van der Waals surface area (Å²) in [5.74, 6) is 2.54. The van der Waals surface area contributed by atoms with Crippen LogP contribution in [0.4, 0.5) is 5.69 Å². The number of anilines is 1. The number of hydrogen-bond acceptors (Lipinski definition) is 3. The van der Waals surface area contributed by atoms with E-state index >= 15 is 0 Å². The highest BCUT2D eigenvalue weighted by atomic mass is 16.5. The van der Waals surface area contributed by atoms with Crippen molar-refractivity contribution in [2.75, 3.05) is 38.7 Å². The molecule has 5 nitrogen and oxygen atoms in total. The number of nitrogens with zero attached hydrogens (tertiary/aromatic N) is 2. The van der Waals surface area contributed by atoms with E-state index in [0.29, 0.717) is 12.0 Å². The number of benzene rings is 1. The molecule has 0 amide bonds. The minimum atomic E-state index is 0.605. The summed E-state index contributed by atoms with van der Waals surface area (Å²) in [5, 5.41) is 7.08. The summed E-state index contributed by atoms with van der Waals surface area (Å²) in [5.41, 5.74) is 1.25. The molecule has 1 aromatic carbocycles. The lowest BCUT2D eigenvalue weighted by Gasteiger charge is -2.21. The van der Waals surface area contributed by atoms with Gasteiger partial charge in [0.25, 0.3) is 0 Å². The average molecular weight is 330 g/mol. The van der Waals surface area contributed by atoms with Crippen LogP contribution in [0.25, 0.3) is 0 Å². The molecule has 2 aliphatic rings. The molecule has 1 saturated heterocycles. The van der Waals surface area contributed by atoms with E-state index in [1.54, 1.807) is 7.11 Å². The zero-order valence-electron chi connectivity index (χ0n) is 14.9. The van der Waals surface area contributed by atoms with E-state index in [1.165, 1.54) is 37.8 Å². The number of guanidine groups is 1. The Morgan fingerprint density at radius 3 is 2.88 bits per heavy atom. The van der Waals surface area contributed by atoms with Gasteiger partial charge in [-0.05, 0) is 37.3 Å². The Kier molecular flexibility index (Phi) is 5.83. The van der Waals surface area contributed by atoms with Crippen molar-refractivity contribution in [1.82, 2.24) is 10.6 Å². The first-order chi connectivity index (χ1) is 11.8. The van der Waals surface area contributed by atoms with Crippen LogP contribution in [0, 0.1) is 5.92 Å². The first-order valence-electron chi connectivity index (χ1n) is 9.14. The van der Waals surface area contributed by atoms with Crippen molar-refractivity contribution in [2.24, 2.45) is 10.9 Å². The summed E-state index contributed by atoms with van der Waals surface area (Å²) in [6.45, 7) is 3.17. The van der Waals surface area contributed by atoms with Gasteiger partial charge >= 0.3 is 0 Å². The summed E-state index contributed by atoms with van der Waals surface area (Å²) in [7, 11) is 3.58. The third-order valence-corrected chi connectivity index (χ3v) is 5.18. The first kappa shape index (κ1) is 16.9. The second-order valence-corrected chi connectivity index (χ2v) is 6.88. The van der Waals surface area contributed by atoms with Gasteiger partial charge in [0.15, 0.2) is 5.96 Å². The van der Waals surface area contributed by atoms with E-state index in [1.807, 2.05) is 13.1 Å². The van der Waals surface area contributed by atoms with Crippen LogP contribution >= 0.6 is 0 Å². The summed E-state index contributed by atoms with van der Waals surface area (Å²) < 4.78 is 5.34. The average Bonchev–Trinajstić information content (AvgIpc) is 3.30. The molecule has 0 aromatic heterocycles. The molecule has 24 heavy (non-hydrogen) atoms. The Morgan fingerprint density at radius 1 is 1.29 bits per heavy atom. The third-order valence-electron chi connectivity index (χ3n) is 5.18. The molecule has 0 spiro atoms. The molecule has 2 N–H and O–H groups in total. The zero-order valence-corrected chi connectivity index (χ0v) is 14.9. The summed E-state index contributed by atoms with van der Waals surface area (Å²) in [4.78, 5) is 6.82. The monoisotopic (exact) mass is 330 g/mol. The molecule has 1 saturated carbocycles. The third kappa shape index (κ3) is 4.34. The fraction of sp³-hybridized carbons (Fsp3) is 0.632. The summed E-state index contributed by atoms with van der Waals surface area (Å²) >= 11 is 0. The van der Waals surface area contributed by atoms with E-state index in [9.17, 15) is 0 Å². The van der Waals surface area contributed by atoms with E-state index in [4.69, 9.17) is 4.74 Å². The maximum atomic E-state index is 5.34. The molecule has 1 aliphatic heterocycles. The Hall–Kier alpha value is -1.91. The fourth-order valence-electron chi connectivity index (χ4n) is 3.74. The minimum Gasteiger partial charge on any atom is -0.497 e.